The Labute approximate surface area is 240 Å². The molecule has 3 aromatic rings. The van der Waals surface area contributed by atoms with Gasteiger partial charge in [-0.15, -0.1) is 0 Å². The van der Waals surface area contributed by atoms with Crippen molar-refractivity contribution in [3.05, 3.63) is 89.0 Å². The van der Waals surface area contributed by atoms with Gasteiger partial charge < -0.3 is 24.3 Å². The SMILES string of the molecule is COc1ccc(CNc2ccc3c(c2)C(OCCC2CCCCC2)C(OCc2ccc(C)cc2)C(C)(C)O3)cc1. The molecular weight excluding hydrogens is 498 g/mol. The van der Waals surface area contributed by atoms with E-state index in [1.54, 1.807) is 7.11 Å². The van der Waals surface area contributed by atoms with E-state index in [9.17, 15) is 0 Å². The van der Waals surface area contributed by atoms with Gasteiger partial charge >= 0.3 is 0 Å². The van der Waals surface area contributed by atoms with Crippen molar-refractivity contribution in [1.82, 2.24) is 0 Å². The minimum Gasteiger partial charge on any atom is -0.497 e. The first-order valence-corrected chi connectivity index (χ1v) is 14.9. The molecule has 0 saturated heterocycles. The lowest BCUT2D eigenvalue weighted by Gasteiger charge is -2.44. The van der Waals surface area contributed by atoms with Crippen LogP contribution in [0.25, 0.3) is 0 Å². The van der Waals surface area contributed by atoms with Gasteiger partial charge in [0.2, 0.25) is 0 Å². The Morgan fingerprint density at radius 2 is 1.60 bits per heavy atom. The minimum absolute atomic E-state index is 0.212. The zero-order valence-electron chi connectivity index (χ0n) is 24.6. The summed E-state index contributed by atoms with van der Waals surface area (Å²) in [6.07, 6.45) is 7.37. The molecule has 0 amide bonds. The van der Waals surface area contributed by atoms with Gasteiger partial charge in [-0.25, -0.2) is 0 Å². The van der Waals surface area contributed by atoms with Gasteiger partial charge in [-0.05, 0) is 74.6 Å². The third-order valence-electron chi connectivity index (χ3n) is 8.40. The van der Waals surface area contributed by atoms with Crippen molar-refractivity contribution >= 4 is 5.69 Å². The summed E-state index contributed by atoms with van der Waals surface area (Å²) in [7, 11) is 1.69. The largest absolute Gasteiger partial charge is 0.497 e. The highest BCUT2D eigenvalue weighted by Gasteiger charge is 2.45. The normalized spacial score (nSPS) is 20.4. The number of fused-ring (bicyclic) bond motifs is 1. The standard InChI is InChI=1S/C35H45NO4/c1-25-10-12-28(13-11-25)24-39-34-33(38-21-20-26-8-6-5-7-9-26)31-22-29(16-19-32(31)40-35(34,2)3)36-23-27-14-17-30(37-4)18-15-27/h10-19,22,26,33-34,36H,5-9,20-21,23-24H2,1-4H3. The van der Waals surface area contributed by atoms with Crippen LogP contribution in [0.2, 0.25) is 0 Å². The molecule has 0 bridgehead atoms. The Bertz CT molecular complexity index is 1220. The average molecular weight is 544 g/mol. The lowest BCUT2D eigenvalue weighted by molar-refractivity contribution is -0.168. The van der Waals surface area contributed by atoms with E-state index >= 15 is 0 Å². The fourth-order valence-electron chi connectivity index (χ4n) is 5.96. The molecule has 5 nitrogen and oxygen atoms in total. The predicted octanol–water partition coefficient (Wildman–Crippen LogP) is 8.40. The third kappa shape index (κ3) is 7.18. The van der Waals surface area contributed by atoms with E-state index in [2.05, 4.69) is 80.7 Å². The second-order valence-corrected chi connectivity index (χ2v) is 12.0. The lowest BCUT2D eigenvalue weighted by Crippen LogP contribution is -2.51. The van der Waals surface area contributed by atoms with Crippen molar-refractivity contribution in [2.75, 3.05) is 19.0 Å². The van der Waals surface area contributed by atoms with E-state index in [0.717, 1.165) is 53.8 Å². The van der Waals surface area contributed by atoms with Crippen LogP contribution in [0, 0.1) is 12.8 Å². The molecule has 2 atom stereocenters. The molecule has 1 N–H and O–H groups in total. The number of rotatable bonds is 11. The van der Waals surface area contributed by atoms with Gasteiger partial charge in [0.15, 0.2) is 0 Å². The van der Waals surface area contributed by atoms with Gasteiger partial charge in [0.25, 0.3) is 0 Å². The summed E-state index contributed by atoms with van der Waals surface area (Å²) in [5, 5.41) is 3.58. The molecule has 1 saturated carbocycles. The Balaban J connectivity index is 1.35. The highest BCUT2D eigenvalue weighted by Crippen LogP contribution is 2.45. The average Bonchev–Trinajstić information content (AvgIpc) is 2.97. The van der Waals surface area contributed by atoms with Crippen LogP contribution in [-0.4, -0.2) is 25.4 Å². The number of hydrogen-bond donors (Lipinski definition) is 1. The maximum atomic E-state index is 6.76. The van der Waals surface area contributed by atoms with Crippen molar-refractivity contribution in [3.63, 3.8) is 0 Å². The lowest BCUT2D eigenvalue weighted by atomic mass is 9.86. The summed E-state index contributed by atoms with van der Waals surface area (Å²) in [5.41, 5.74) is 5.15. The minimum atomic E-state index is -0.536. The second kappa shape index (κ2) is 13.1. The van der Waals surface area contributed by atoms with Crippen molar-refractivity contribution in [3.8, 4) is 11.5 Å². The Morgan fingerprint density at radius 3 is 2.33 bits per heavy atom. The van der Waals surface area contributed by atoms with Gasteiger partial charge in [0.05, 0.1) is 13.7 Å². The van der Waals surface area contributed by atoms with Gasteiger partial charge in [-0.1, -0.05) is 74.1 Å². The van der Waals surface area contributed by atoms with E-state index < -0.39 is 5.60 Å². The zero-order chi connectivity index (χ0) is 28.0. The third-order valence-corrected chi connectivity index (χ3v) is 8.40. The van der Waals surface area contributed by atoms with Crippen molar-refractivity contribution < 1.29 is 18.9 Å². The monoisotopic (exact) mass is 543 g/mol. The maximum absolute atomic E-state index is 6.76. The highest BCUT2D eigenvalue weighted by atomic mass is 16.6. The maximum Gasteiger partial charge on any atom is 0.132 e. The van der Waals surface area contributed by atoms with Crippen LogP contribution in [-0.2, 0) is 22.6 Å². The number of anilines is 1. The molecule has 214 valence electrons. The van der Waals surface area contributed by atoms with Crippen molar-refractivity contribution in [1.29, 1.82) is 0 Å². The van der Waals surface area contributed by atoms with E-state index in [0.29, 0.717) is 6.61 Å². The molecule has 5 heteroatoms. The molecule has 1 heterocycles. The molecule has 40 heavy (non-hydrogen) atoms. The second-order valence-electron chi connectivity index (χ2n) is 12.0. The molecule has 5 rings (SSSR count). The van der Waals surface area contributed by atoms with Gasteiger partial charge in [0.1, 0.15) is 29.3 Å². The molecule has 0 radical (unpaired) electrons. The number of nitrogens with one attached hydrogen (secondary N) is 1. The van der Waals surface area contributed by atoms with Crippen LogP contribution in [0.15, 0.2) is 66.7 Å². The van der Waals surface area contributed by atoms with Gasteiger partial charge in [0, 0.05) is 24.4 Å². The molecule has 1 fully saturated rings. The Morgan fingerprint density at radius 1 is 0.875 bits per heavy atom. The first-order valence-electron chi connectivity index (χ1n) is 14.9. The van der Waals surface area contributed by atoms with Crippen LogP contribution in [0.4, 0.5) is 5.69 Å². The highest BCUT2D eigenvalue weighted by molar-refractivity contribution is 5.54. The molecule has 0 spiro atoms. The van der Waals surface area contributed by atoms with Gasteiger partial charge in [-0.2, -0.15) is 0 Å². The van der Waals surface area contributed by atoms with Crippen LogP contribution < -0.4 is 14.8 Å². The van der Waals surface area contributed by atoms with Crippen LogP contribution in [0.3, 0.4) is 0 Å². The number of aryl methyl sites for hydroxylation is 1. The van der Waals surface area contributed by atoms with Crippen LogP contribution in [0.5, 0.6) is 11.5 Å². The summed E-state index contributed by atoms with van der Waals surface area (Å²) in [5.74, 6) is 2.51. The predicted molar refractivity (Wildman–Crippen MR) is 161 cm³/mol. The summed E-state index contributed by atoms with van der Waals surface area (Å²) in [6, 6.07) is 23.0. The fourth-order valence-corrected chi connectivity index (χ4v) is 5.96. The smallest absolute Gasteiger partial charge is 0.132 e. The summed E-state index contributed by atoms with van der Waals surface area (Å²) in [4.78, 5) is 0. The number of hydrogen-bond acceptors (Lipinski definition) is 5. The summed E-state index contributed by atoms with van der Waals surface area (Å²) in [6.45, 7) is 8.31. The molecule has 0 aromatic heterocycles. The fraction of sp³-hybridized carbons (Fsp3) is 0.486. The quantitative estimate of drug-likeness (QED) is 0.263. The van der Waals surface area contributed by atoms with Crippen LogP contribution >= 0.6 is 0 Å². The zero-order valence-corrected chi connectivity index (χ0v) is 24.6. The Kier molecular flexibility index (Phi) is 9.33. The van der Waals surface area contributed by atoms with Crippen molar-refractivity contribution in [2.24, 2.45) is 5.92 Å². The summed E-state index contributed by atoms with van der Waals surface area (Å²) < 4.78 is 25.3. The molecular formula is C35H45NO4. The number of benzene rings is 3. The Hall–Kier alpha value is -3.02. The first kappa shape index (κ1) is 28.5. The van der Waals surface area contributed by atoms with Crippen molar-refractivity contribution in [2.45, 2.75) is 90.3 Å². The molecule has 3 aromatic carbocycles. The van der Waals surface area contributed by atoms with E-state index in [1.807, 2.05) is 12.1 Å². The first-order chi connectivity index (χ1) is 19.4. The molecule has 1 aliphatic carbocycles. The topological polar surface area (TPSA) is 49.0 Å². The van der Waals surface area contributed by atoms with E-state index in [1.165, 1.54) is 43.2 Å². The molecule has 2 unspecified atom stereocenters. The molecule has 2 aliphatic rings. The molecule has 1 aliphatic heterocycles. The van der Waals surface area contributed by atoms with E-state index in [4.69, 9.17) is 18.9 Å². The van der Waals surface area contributed by atoms with Crippen LogP contribution in [0.1, 0.15) is 80.7 Å². The summed E-state index contributed by atoms with van der Waals surface area (Å²) >= 11 is 0. The van der Waals surface area contributed by atoms with E-state index in [-0.39, 0.29) is 12.2 Å². The van der Waals surface area contributed by atoms with Gasteiger partial charge in [-0.3, -0.25) is 0 Å². The number of ether oxygens (including phenoxy) is 4. The number of methoxy groups -OCH3 is 1.